The van der Waals surface area contributed by atoms with Gasteiger partial charge >= 0.3 is 6.18 Å². The maximum absolute atomic E-state index is 12.7. The number of halogens is 3. The van der Waals surface area contributed by atoms with Gasteiger partial charge in [-0.15, -0.1) is 0 Å². The summed E-state index contributed by atoms with van der Waals surface area (Å²) < 4.78 is 38.1. The molecule has 8 heteroatoms. The van der Waals surface area contributed by atoms with E-state index in [1.54, 1.807) is 18.7 Å². The number of nitrogen functional groups attached to an aromatic ring is 1. The average molecular weight is 321 g/mol. The van der Waals surface area contributed by atoms with Crippen LogP contribution in [0.5, 0.6) is 0 Å². The molecular formula is C13H18F3N3OS. The molecule has 0 aliphatic heterocycles. The molecule has 0 saturated carbocycles. The minimum Gasteiger partial charge on any atom is -0.349 e. The van der Waals surface area contributed by atoms with Crippen molar-refractivity contribution in [1.82, 2.24) is 5.32 Å². The summed E-state index contributed by atoms with van der Waals surface area (Å²) in [6.07, 6.45) is -1.83. The Balaban J connectivity index is 2.96. The zero-order chi connectivity index (χ0) is 16.0. The van der Waals surface area contributed by atoms with Crippen LogP contribution in [-0.2, 0) is 6.18 Å². The van der Waals surface area contributed by atoms with Crippen LogP contribution in [0.3, 0.4) is 0 Å². The minimum atomic E-state index is -4.51. The minimum absolute atomic E-state index is 0.122. The topological polar surface area (TPSA) is 67.2 Å². The molecule has 1 aromatic carbocycles. The molecule has 0 bridgehead atoms. The Morgan fingerprint density at radius 1 is 1.43 bits per heavy atom. The van der Waals surface area contributed by atoms with E-state index in [9.17, 15) is 18.0 Å². The van der Waals surface area contributed by atoms with Gasteiger partial charge in [-0.3, -0.25) is 10.6 Å². The zero-order valence-electron chi connectivity index (χ0n) is 11.8. The number of hydrazine groups is 1. The van der Waals surface area contributed by atoms with Gasteiger partial charge in [0.1, 0.15) is 0 Å². The molecule has 0 saturated heterocycles. The van der Waals surface area contributed by atoms with Crippen molar-refractivity contribution in [2.75, 3.05) is 17.4 Å². The van der Waals surface area contributed by atoms with E-state index in [-0.39, 0.29) is 17.3 Å². The third kappa shape index (κ3) is 5.13. The fourth-order valence-electron chi connectivity index (χ4n) is 1.70. The fourth-order valence-corrected chi connectivity index (χ4v) is 2.29. The summed E-state index contributed by atoms with van der Waals surface area (Å²) in [5.41, 5.74) is 1.38. The molecule has 0 fully saturated rings. The fraction of sp³-hybridized carbons (Fsp3) is 0.462. The van der Waals surface area contributed by atoms with Crippen molar-refractivity contribution in [2.45, 2.75) is 25.6 Å². The van der Waals surface area contributed by atoms with E-state index in [1.165, 1.54) is 0 Å². The number of thioether (sulfide) groups is 1. The van der Waals surface area contributed by atoms with Crippen LogP contribution in [0.4, 0.5) is 18.9 Å². The van der Waals surface area contributed by atoms with Crippen LogP contribution >= 0.6 is 11.8 Å². The first-order chi connectivity index (χ1) is 9.79. The number of hydrogen-bond donors (Lipinski definition) is 3. The third-order valence-corrected chi connectivity index (χ3v) is 3.52. The maximum Gasteiger partial charge on any atom is 0.416 e. The molecule has 0 spiro atoms. The summed E-state index contributed by atoms with van der Waals surface area (Å²) in [4.78, 5) is 12.1. The maximum atomic E-state index is 12.7. The summed E-state index contributed by atoms with van der Waals surface area (Å²) in [5, 5.41) is 2.67. The van der Waals surface area contributed by atoms with Crippen molar-refractivity contribution < 1.29 is 18.0 Å². The highest BCUT2D eigenvalue weighted by atomic mass is 32.2. The zero-order valence-corrected chi connectivity index (χ0v) is 12.6. The normalized spacial score (nSPS) is 12.9. The molecule has 4 nitrogen and oxygen atoms in total. The molecule has 1 amide bonds. The van der Waals surface area contributed by atoms with Gasteiger partial charge in [0, 0.05) is 6.04 Å². The number of rotatable bonds is 6. The molecule has 1 aromatic rings. The van der Waals surface area contributed by atoms with Crippen LogP contribution in [0.15, 0.2) is 18.2 Å². The van der Waals surface area contributed by atoms with Gasteiger partial charge in [0.2, 0.25) is 0 Å². The van der Waals surface area contributed by atoms with Crippen LogP contribution in [0.2, 0.25) is 0 Å². The molecule has 1 atom stereocenters. The van der Waals surface area contributed by atoms with E-state index in [0.29, 0.717) is 0 Å². The van der Waals surface area contributed by atoms with Gasteiger partial charge in [-0.05, 0) is 43.6 Å². The number of nitrogens with one attached hydrogen (secondary N) is 2. The second-order valence-electron chi connectivity index (χ2n) is 4.56. The van der Waals surface area contributed by atoms with E-state index < -0.39 is 17.6 Å². The molecular weight excluding hydrogens is 303 g/mol. The van der Waals surface area contributed by atoms with E-state index in [1.807, 2.05) is 6.26 Å². The summed E-state index contributed by atoms with van der Waals surface area (Å²) >= 11 is 1.63. The third-order valence-electron chi connectivity index (χ3n) is 2.88. The lowest BCUT2D eigenvalue weighted by Gasteiger charge is -2.16. The molecule has 0 radical (unpaired) electrons. The van der Waals surface area contributed by atoms with E-state index in [2.05, 4.69) is 10.7 Å². The lowest BCUT2D eigenvalue weighted by molar-refractivity contribution is -0.137. The highest BCUT2D eigenvalue weighted by Gasteiger charge is 2.31. The van der Waals surface area contributed by atoms with Crippen molar-refractivity contribution >= 4 is 23.4 Å². The monoisotopic (exact) mass is 321 g/mol. The van der Waals surface area contributed by atoms with Crippen LogP contribution in [0.25, 0.3) is 0 Å². The van der Waals surface area contributed by atoms with Crippen LogP contribution in [-0.4, -0.2) is 24.0 Å². The van der Waals surface area contributed by atoms with Gasteiger partial charge in [-0.1, -0.05) is 0 Å². The van der Waals surface area contributed by atoms with Crippen molar-refractivity contribution in [2.24, 2.45) is 5.84 Å². The Kier molecular flexibility index (Phi) is 6.35. The van der Waals surface area contributed by atoms with Crippen molar-refractivity contribution in [3.63, 3.8) is 0 Å². The van der Waals surface area contributed by atoms with Crippen molar-refractivity contribution in [1.29, 1.82) is 0 Å². The van der Waals surface area contributed by atoms with Gasteiger partial charge in [-0.25, -0.2) is 0 Å². The lowest BCUT2D eigenvalue weighted by atomic mass is 10.1. The number of hydrogen-bond acceptors (Lipinski definition) is 4. The molecule has 1 rings (SSSR count). The van der Waals surface area contributed by atoms with E-state index in [4.69, 9.17) is 5.84 Å². The number of anilines is 1. The number of carbonyl (C=O) groups is 1. The first-order valence-corrected chi connectivity index (χ1v) is 7.66. The molecule has 1 unspecified atom stereocenters. The van der Waals surface area contributed by atoms with Gasteiger partial charge < -0.3 is 10.7 Å². The average Bonchev–Trinajstić information content (AvgIpc) is 2.43. The first kappa shape index (κ1) is 17.6. The van der Waals surface area contributed by atoms with Crippen LogP contribution < -0.4 is 16.6 Å². The van der Waals surface area contributed by atoms with Gasteiger partial charge in [0.15, 0.2) is 0 Å². The Bertz CT molecular complexity index is 494. The van der Waals surface area contributed by atoms with Crippen molar-refractivity contribution in [3.05, 3.63) is 29.3 Å². The number of alkyl halides is 3. The number of amides is 1. The lowest BCUT2D eigenvalue weighted by Crippen LogP contribution is -2.34. The first-order valence-electron chi connectivity index (χ1n) is 6.27. The van der Waals surface area contributed by atoms with Crippen LogP contribution in [0.1, 0.15) is 29.3 Å². The standard InChI is InChI=1S/C13H18F3N3OS/c1-8(5-6-21-2)18-12(20)10-7-9(13(14,15)16)3-4-11(10)19-17/h3-4,7-8,19H,5-6,17H2,1-2H3,(H,18,20). The van der Waals surface area contributed by atoms with Crippen molar-refractivity contribution in [3.8, 4) is 0 Å². The molecule has 0 aromatic heterocycles. The van der Waals surface area contributed by atoms with Gasteiger partial charge in [-0.2, -0.15) is 24.9 Å². The Labute approximate surface area is 125 Å². The summed E-state index contributed by atoms with van der Waals surface area (Å²) in [5.74, 6) is 5.52. The van der Waals surface area contributed by atoms with Gasteiger partial charge in [0.25, 0.3) is 5.91 Å². The largest absolute Gasteiger partial charge is 0.416 e. The highest BCUT2D eigenvalue weighted by molar-refractivity contribution is 7.98. The SMILES string of the molecule is CSCCC(C)NC(=O)c1cc(C(F)(F)F)ccc1NN. The summed E-state index contributed by atoms with van der Waals surface area (Å²) in [7, 11) is 0. The van der Waals surface area contributed by atoms with Crippen LogP contribution in [0, 0.1) is 0 Å². The molecule has 118 valence electrons. The molecule has 21 heavy (non-hydrogen) atoms. The Hall–Kier alpha value is -1.41. The van der Waals surface area contributed by atoms with E-state index >= 15 is 0 Å². The summed E-state index contributed by atoms with van der Waals surface area (Å²) in [6, 6.07) is 2.68. The Morgan fingerprint density at radius 2 is 2.10 bits per heavy atom. The molecule has 0 aliphatic rings. The number of nitrogens with two attached hydrogens (primary N) is 1. The molecule has 4 N–H and O–H groups in total. The predicted molar refractivity (Wildman–Crippen MR) is 79.2 cm³/mol. The molecule has 0 aliphatic carbocycles. The highest BCUT2D eigenvalue weighted by Crippen LogP contribution is 2.31. The summed E-state index contributed by atoms with van der Waals surface area (Å²) in [6.45, 7) is 1.80. The quantitative estimate of drug-likeness (QED) is 0.557. The Morgan fingerprint density at radius 3 is 2.62 bits per heavy atom. The molecule has 0 heterocycles. The van der Waals surface area contributed by atoms with Gasteiger partial charge in [0.05, 0.1) is 16.8 Å². The van der Waals surface area contributed by atoms with E-state index in [0.717, 1.165) is 30.4 Å². The second-order valence-corrected chi connectivity index (χ2v) is 5.54. The number of benzene rings is 1. The second kappa shape index (κ2) is 7.56. The predicted octanol–water partition coefficient (Wildman–Crippen LogP) is 2.86. The number of carbonyl (C=O) groups excluding carboxylic acids is 1. The smallest absolute Gasteiger partial charge is 0.349 e.